The summed E-state index contributed by atoms with van der Waals surface area (Å²) in [6, 6.07) is 0.158. The Morgan fingerprint density at radius 2 is 2.25 bits per heavy atom. The molecule has 1 aliphatic rings. The number of nitrogens with one attached hydrogen (secondary N) is 1. The number of carbonyl (C=O) groups excluding carboxylic acids is 1. The molecular formula is C12H18N2O4S2. The van der Waals surface area contributed by atoms with Gasteiger partial charge in [-0.2, -0.15) is 4.31 Å². The van der Waals surface area contributed by atoms with Crippen molar-refractivity contribution in [3.63, 3.8) is 0 Å². The van der Waals surface area contributed by atoms with E-state index in [0.29, 0.717) is 18.7 Å². The molecule has 1 N–H and O–H groups in total. The Bertz CT molecular complexity index is 609. The molecule has 20 heavy (non-hydrogen) atoms. The molecule has 2 heterocycles. The van der Waals surface area contributed by atoms with Crippen LogP contribution in [0.1, 0.15) is 21.7 Å². The first-order valence-corrected chi connectivity index (χ1v) is 8.57. The summed E-state index contributed by atoms with van der Waals surface area (Å²) < 4.78 is 31.5. The number of esters is 1. The Balaban J connectivity index is 2.40. The van der Waals surface area contributed by atoms with E-state index in [1.165, 1.54) is 11.4 Å². The quantitative estimate of drug-likeness (QED) is 0.832. The van der Waals surface area contributed by atoms with E-state index in [9.17, 15) is 13.2 Å². The molecule has 1 atom stereocenters. The Morgan fingerprint density at radius 1 is 1.55 bits per heavy atom. The molecule has 0 spiro atoms. The third-order valence-corrected chi connectivity index (χ3v) is 6.71. The molecule has 8 heteroatoms. The Morgan fingerprint density at radius 3 is 2.80 bits per heavy atom. The number of ether oxygens (including phenoxy) is 1. The third kappa shape index (κ3) is 2.60. The first kappa shape index (κ1) is 15.4. The molecule has 112 valence electrons. The van der Waals surface area contributed by atoms with Gasteiger partial charge in [0, 0.05) is 19.1 Å². The summed E-state index contributed by atoms with van der Waals surface area (Å²) >= 11 is 1.11. The standard InChI is InChI=1S/C12H18N2O4S2/c1-8-7-19-10(12(15)18-3)11(8)20(16,17)14-5-4-9(6-14)13-2/h7,9,13H,4-6H2,1-3H3. The molecule has 1 fully saturated rings. The number of thiophene rings is 1. The van der Waals surface area contributed by atoms with Gasteiger partial charge in [-0.25, -0.2) is 13.2 Å². The molecule has 0 saturated carbocycles. The fourth-order valence-corrected chi connectivity index (χ4v) is 5.46. The average molecular weight is 318 g/mol. The number of hydrogen-bond donors (Lipinski definition) is 1. The number of rotatable bonds is 4. The summed E-state index contributed by atoms with van der Waals surface area (Å²) in [6.07, 6.45) is 0.770. The zero-order valence-corrected chi connectivity index (χ0v) is 13.3. The maximum atomic E-state index is 12.7. The Hall–Kier alpha value is -0.960. The van der Waals surface area contributed by atoms with Crippen LogP contribution in [0, 0.1) is 6.92 Å². The number of nitrogens with zero attached hydrogens (tertiary/aromatic N) is 1. The van der Waals surface area contributed by atoms with Crippen LogP contribution < -0.4 is 5.32 Å². The molecule has 1 aromatic heterocycles. The number of methoxy groups -OCH3 is 1. The Labute approximate surface area is 122 Å². The van der Waals surface area contributed by atoms with Gasteiger partial charge in [0.15, 0.2) is 0 Å². The SMILES string of the molecule is CNC1CCN(S(=O)(=O)c2c(C)csc2C(=O)OC)C1. The minimum atomic E-state index is -3.65. The third-order valence-electron chi connectivity index (χ3n) is 3.45. The van der Waals surface area contributed by atoms with E-state index in [2.05, 4.69) is 10.1 Å². The van der Waals surface area contributed by atoms with Crippen molar-refractivity contribution >= 4 is 27.3 Å². The minimum Gasteiger partial charge on any atom is -0.465 e. The molecule has 1 saturated heterocycles. The van der Waals surface area contributed by atoms with Crippen LogP contribution in [0.3, 0.4) is 0 Å². The summed E-state index contributed by atoms with van der Waals surface area (Å²) in [4.78, 5) is 12.0. The smallest absolute Gasteiger partial charge is 0.349 e. The van der Waals surface area contributed by atoms with Gasteiger partial charge in [0.25, 0.3) is 0 Å². The predicted molar refractivity (Wildman–Crippen MR) is 76.6 cm³/mol. The van der Waals surface area contributed by atoms with Gasteiger partial charge in [-0.05, 0) is 31.3 Å². The van der Waals surface area contributed by atoms with Crippen molar-refractivity contribution in [2.75, 3.05) is 27.2 Å². The number of hydrogen-bond acceptors (Lipinski definition) is 6. The van der Waals surface area contributed by atoms with Crippen molar-refractivity contribution in [3.05, 3.63) is 15.8 Å². The first-order valence-electron chi connectivity index (χ1n) is 6.25. The zero-order chi connectivity index (χ0) is 14.9. The second-order valence-corrected chi connectivity index (χ2v) is 7.46. The highest BCUT2D eigenvalue weighted by molar-refractivity contribution is 7.89. The van der Waals surface area contributed by atoms with Crippen molar-refractivity contribution in [1.29, 1.82) is 0 Å². The lowest BCUT2D eigenvalue weighted by atomic mass is 10.3. The highest BCUT2D eigenvalue weighted by atomic mass is 32.2. The van der Waals surface area contributed by atoms with Crippen molar-refractivity contribution in [1.82, 2.24) is 9.62 Å². The van der Waals surface area contributed by atoms with E-state index in [1.54, 1.807) is 12.3 Å². The lowest BCUT2D eigenvalue weighted by Gasteiger charge is -2.17. The molecular weight excluding hydrogens is 300 g/mol. The van der Waals surface area contributed by atoms with Crippen molar-refractivity contribution < 1.29 is 17.9 Å². The maximum Gasteiger partial charge on any atom is 0.349 e. The van der Waals surface area contributed by atoms with E-state index in [-0.39, 0.29) is 15.8 Å². The number of carbonyl (C=O) groups is 1. The van der Waals surface area contributed by atoms with Gasteiger partial charge in [0.2, 0.25) is 10.0 Å². The van der Waals surface area contributed by atoms with Gasteiger partial charge in [0.05, 0.1) is 7.11 Å². The van der Waals surface area contributed by atoms with Crippen LogP contribution in [0.25, 0.3) is 0 Å². The predicted octanol–water partition coefficient (Wildman–Crippen LogP) is 0.826. The molecule has 2 rings (SSSR count). The fraction of sp³-hybridized carbons (Fsp3) is 0.583. The molecule has 0 amide bonds. The molecule has 0 aromatic carbocycles. The second kappa shape index (κ2) is 5.80. The van der Waals surface area contributed by atoms with Crippen LogP contribution in [0.2, 0.25) is 0 Å². The molecule has 6 nitrogen and oxygen atoms in total. The zero-order valence-electron chi connectivity index (χ0n) is 11.7. The lowest BCUT2D eigenvalue weighted by molar-refractivity contribution is 0.0602. The summed E-state index contributed by atoms with van der Waals surface area (Å²) in [5.74, 6) is -0.606. The first-order chi connectivity index (χ1) is 9.41. The van der Waals surface area contributed by atoms with Crippen LogP contribution in [0.15, 0.2) is 10.3 Å². The van der Waals surface area contributed by atoms with Crippen LogP contribution in [0.5, 0.6) is 0 Å². The normalized spacial score (nSPS) is 20.2. The van der Waals surface area contributed by atoms with Crippen molar-refractivity contribution in [2.45, 2.75) is 24.3 Å². The molecule has 0 aliphatic carbocycles. The Kier molecular flexibility index (Phi) is 4.48. The van der Waals surface area contributed by atoms with Gasteiger partial charge >= 0.3 is 5.97 Å². The van der Waals surface area contributed by atoms with E-state index in [1.807, 2.05) is 7.05 Å². The maximum absolute atomic E-state index is 12.7. The highest BCUT2D eigenvalue weighted by Crippen LogP contribution is 2.31. The topological polar surface area (TPSA) is 75.7 Å². The summed E-state index contributed by atoms with van der Waals surface area (Å²) in [7, 11) is -0.585. The number of aryl methyl sites for hydroxylation is 1. The van der Waals surface area contributed by atoms with Gasteiger partial charge in [-0.3, -0.25) is 0 Å². The van der Waals surface area contributed by atoms with Crippen molar-refractivity contribution in [3.8, 4) is 0 Å². The van der Waals surface area contributed by atoms with Gasteiger partial charge < -0.3 is 10.1 Å². The minimum absolute atomic E-state index is 0.0890. The summed E-state index contributed by atoms with van der Waals surface area (Å²) in [5, 5.41) is 4.75. The van der Waals surface area contributed by atoms with E-state index in [0.717, 1.165) is 17.8 Å². The molecule has 1 aromatic rings. The van der Waals surface area contributed by atoms with Crippen LogP contribution >= 0.6 is 11.3 Å². The van der Waals surface area contributed by atoms with Gasteiger partial charge in [0.1, 0.15) is 9.77 Å². The van der Waals surface area contributed by atoms with E-state index < -0.39 is 16.0 Å². The molecule has 0 radical (unpaired) electrons. The lowest BCUT2D eigenvalue weighted by Crippen LogP contribution is -2.34. The average Bonchev–Trinajstić information content (AvgIpc) is 3.04. The highest BCUT2D eigenvalue weighted by Gasteiger charge is 2.36. The number of sulfonamides is 1. The van der Waals surface area contributed by atoms with Gasteiger partial charge in [-0.15, -0.1) is 11.3 Å². The molecule has 0 bridgehead atoms. The van der Waals surface area contributed by atoms with Crippen LogP contribution in [-0.2, 0) is 14.8 Å². The van der Waals surface area contributed by atoms with E-state index in [4.69, 9.17) is 0 Å². The monoisotopic (exact) mass is 318 g/mol. The summed E-state index contributed by atoms with van der Waals surface area (Å²) in [5.41, 5.74) is 0.586. The van der Waals surface area contributed by atoms with Gasteiger partial charge in [-0.1, -0.05) is 0 Å². The second-order valence-electron chi connectivity index (χ2n) is 4.71. The molecule has 1 unspecified atom stereocenters. The largest absolute Gasteiger partial charge is 0.465 e. The van der Waals surface area contributed by atoms with Crippen molar-refractivity contribution in [2.24, 2.45) is 0 Å². The molecule has 1 aliphatic heterocycles. The van der Waals surface area contributed by atoms with Crippen LogP contribution in [0.4, 0.5) is 0 Å². The van der Waals surface area contributed by atoms with Crippen LogP contribution in [-0.4, -0.2) is 52.0 Å². The number of likely N-dealkylation sites (N-methyl/N-ethyl adjacent to an activating group) is 1. The van der Waals surface area contributed by atoms with E-state index >= 15 is 0 Å². The fourth-order valence-electron chi connectivity index (χ4n) is 2.30. The summed E-state index contributed by atoms with van der Waals surface area (Å²) in [6.45, 7) is 2.58.